The molecule has 0 aliphatic carbocycles. The number of hydrogen-bond donors (Lipinski definition) is 0. The van der Waals surface area contributed by atoms with Crippen LogP contribution in [0.5, 0.6) is 0 Å². The van der Waals surface area contributed by atoms with E-state index in [1.54, 1.807) is 0 Å². The highest BCUT2D eigenvalue weighted by atomic mass is 19.2. The van der Waals surface area contributed by atoms with Gasteiger partial charge in [-0.1, -0.05) is 12.1 Å². The number of aldehydes is 1. The van der Waals surface area contributed by atoms with Gasteiger partial charge in [0.1, 0.15) is 6.10 Å². The van der Waals surface area contributed by atoms with Crippen LogP contribution in [0.2, 0.25) is 0 Å². The van der Waals surface area contributed by atoms with Crippen LogP contribution < -0.4 is 0 Å². The minimum atomic E-state index is -1.05. The normalized spacial score (nSPS) is 12.5. The molecule has 0 spiro atoms. The molecule has 0 aromatic heterocycles. The molecule has 1 aromatic carbocycles. The lowest BCUT2D eigenvalue weighted by Crippen LogP contribution is -2.06. The highest BCUT2D eigenvalue weighted by Gasteiger charge is 2.16. The largest absolute Gasteiger partial charge is 0.369 e. The molecule has 0 saturated heterocycles. The van der Waals surface area contributed by atoms with E-state index in [1.165, 1.54) is 19.2 Å². The fraction of sp³-hybridized carbons (Fsp3) is 0.222. The van der Waals surface area contributed by atoms with Crippen LogP contribution in [0.3, 0.4) is 0 Å². The van der Waals surface area contributed by atoms with E-state index in [9.17, 15) is 13.6 Å². The molecule has 0 saturated carbocycles. The van der Waals surface area contributed by atoms with Gasteiger partial charge in [0.2, 0.25) is 0 Å². The number of halogens is 2. The first-order valence-electron chi connectivity index (χ1n) is 3.62. The van der Waals surface area contributed by atoms with Crippen molar-refractivity contribution in [3.63, 3.8) is 0 Å². The van der Waals surface area contributed by atoms with E-state index in [0.717, 1.165) is 6.07 Å². The molecule has 0 fully saturated rings. The fourth-order valence-electron chi connectivity index (χ4n) is 0.996. The second-order valence-corrected chi connectivity index (χ2v) is 2.44. The van der Waals surface area contributed by atoms with E-state index in [-0.39, 0.29) is 5.56 Å². The Kier molecular flexibility index (Phi) is 3.08. The third-order valence-electron chi connectivity index (χ3n) is 1.67. The lowest BCUT2D eigenvalue weighted by Gasteiger charge is -2.09. The quantitative estimate of drug-likeness (QED) is 0.673. The van der Waals surface area contributed by atoms with Crippen molar-refractivity contribution in [3.05, 3.63) is 35.4 Å². The summed E-state index contributed by atoms with van der Waals surface area (Å²) in [6.07, 6.45) is -0.631. The van der Waals surface area contributed by atoms with Crippen molar-refractivity contribution in [2.75, 3.05) is 7.11 Å². The van der Waals surface area contributed by atoms with E-state index in [0.29, 0.717) is 6.29 Å². The Bertz CT molecular complexity index is 312. The molecule has 0 heterocycles. The zero-order valence-electron chi connectivity index (χ0n) is 6.96. The van der Waals surface area contributed by atoms with Gasteiger partial charge < -0.3 is 9.53 Å². The molecule has 0 unspecified atom stereocenters. The van der Waals surface area contributed by atoms with Gasteiger partial charge in [-0.25, -0.2) is 8.78 Å². The molecule has 4 heteroatoms. The van der Waals surface area contributed by atoms with E-state index in [4.69, 9.17) is 0 Å². The number of methoxy groups -OCH3 is 1. The molecule has 70 valence electrons. The number of carbonyl (C=O) groups is 1. The monoisotopic (exact) mass is 186 g/mol. The number of carbonyl (C=O) groups excluding carboxylic acids is 1. The van der Waals surface area contributed by atoms with Gasteiger partial charge in [0.25, 0.3) is 0 Å². The maximum absolute atomic E-state index is 13.0. The third-order valence-corrected chi connectivity index (χ3v) is 1.67. The summed E-state index contributed by atoms with van der Waals surface area (Å²) in [7, 11) is 1.25. The Balaban J connectivity index is 3.13. The molecule has 1 rings (SSSR count). The third kappa shape index (κ3) is 1.89. The van der Waals surface area contributed by atoms with Crippen LogP contribution in [-0.4, -0.2) is 13.4 Å². The van der Waals surface area contributed by atoms with Crippen molar-refractivity contribution in [2.45, 2.75) is 6.10 Å². The number of hydrogen-bond acceptors (Lipinski definition) is 2. The predicted molar refractivity (Wildman–Crippen MR) is 42.2 cm³/mol. The van der Waals surface area contributed by atoms with Gasteiger partial charge in [0.05, 0.1) is 0 Å². The SMILES string of the molecule is CO[C@@H](C=O)c1cccc(F)c1F. The Hall–Kier alpha value is -1.29. The molecule has 2 nitrogen and oxygen atoms in total. The highest BCUT2D eigenvalue weighted by Crippen LogP contribution is 2.19. The first-order valence-corrected chi connectivity index (χ1v) is 3.62. The molecule has 0 aliphatic rings. The minimum Gasteiger partial charge on any atom is -0.369 e. The van der Waals surface area contributed by atoms with Crippen molar-refractivity contribution in [2.24, 2.45) is 0 Å². The summed E-state index contributed by atoms with van der Waals surface area (Å²) < 4.78 is 30.3. The van der Waals surface area contributed by atoms with Gasteiger partial charge in [0, 0.05) is 12.7 Å². The molecule has 0 aliphatic heterocycles. The number of rotatable bonds is 3. The van der Waals surface area contributed by atoms with Gasteiger partial charge >= 0.3 is 0 Å². The standard InChI is InChI=1S/C9H8F2O2/c1-13-8(5-12)6-3-2-4-7(10)9(6)11/h2-5,8H,1H3/t8-/m0/s1. The molecule has 0 amide bonds. The summed E-state index contributed by atoms with van der Waals surface area (Å²) in [5.41, 5.74) is -0.0856. The second kappa shape index (κ2) is 4.09. The van der Waals surface area contributed by atoms with Crippen LogP contribution >= 0.6 is 0 Å². The molecule has 1 aromatic rings. The molecular formula is C9H8F2O2. The fourth-order valence-corrected chi connectivity index (χ4v) is 0.996. The van der Waals surface area contributed by atoms with Crippen LogP contribution in [0, 0.1) is 11.6 Å². The molecule has 13 heavy (non-hydrogen) atoms. The summed E-state index contributed by atoms with van der Waals surface area (Å²) in [4.78, 5) is 10.4. The van der Waals surface area contributed by atoms with Crippen molar-refractivity contribution in [3.8, 4) is 0 Å². The van der Waals surface area contributed by atoms with E-state index in [1.807, 2.05) is 0 Å². The van der Waals surface area contributed by atoms with Gasteiger partial charge in [0.15, 0.2) is 17.9 Å². The number of benzene rings is 1. The van der Waals surface area contributed by atoms with E-state index >= 15 is 0 Å². The minimum absolute atomic E-state index is 0.0856. The lowest BCUT2D eigenvalue weighted by molar-refractivity contribution is -0.116. The maximum Gasteiger partial charge on any atom is 0.165 e. The molecule has 0 radical (unpaired) electrons. The van der Waals surface area contributed by atoms with Crippen molar-refractivity contribution >= 4 is 6.29 Å². The Morgan fingerprint density at radius 1 is 1.46 bits per heavy atom. The van der Waals surface area contributed by atoms with Gasteiger partial charge in [-0.3, -0.25) is 0 Å². The second-order valence-electron chi connectivity index (χ2n) is 2.44. The molecule has 0 bridgehead atoms. The van der Waals surface area contributed by atoms with Gasteiger partial charge in [-0.05, 0) is 6.07 Å². The average Bonchev–Trinajstić information content (AvgIpc) is 2.14. The van der Waals surface area contributed by atoms with Crippen molar-refractivity contribution < 1.29 is 18.3 Å². The van der Waals surface area contributed by atoms with E-state index < -0.39 is 17.7 Å². The first-order chi connectivity index (χ1) is 6.20. The van der Waals surface area contributed by atoms with Crippen LogP contribution in [0.4, 0.5) is 8.78 Å². The Labute approximate surface area is 74.1 Å². The zero-order chi connectivity index (χ0) is 9.84. The molecule has 0 N–H and O–H groups in total. The zero-order valence-corrected chi connectivity index (χ0v) is 6.96. The smallest absolute Gasteiger partial charge is 0.165 e. The first kappa shape index (κ1) is 9.80. The molecule has 1 atom stereocenters. The summed E-state index contributed by atoms with van der Waals surface area (Å²) in [5.74, 6) is -2.03. The van der Waals surface area contributed by atoms with Crippen molar-refractivity contribution in [1.82, 2.24) is 0 Å². The van der Waals surface area contributed by atoms with Crippen LogP contribution in [-0.2, 0) is 9.53 Å². The van der Waals surface area contributed by atoms with Crippen LogP contribution in [0.15, 0.2) is 18.2 Å². The van der Waals surface area contributed by atoms with Gasteiger partial charge in [-0.15, -0.1) is 0 Å². The number of ether oxygens (including phenoxy) is 1. The summed E-state index contributed by atoms with van der Waals surface area (Å²) in [5, 5.41) is 0. The van der Waals surface area contributed by atoms with Crippen molar-refractivity contribution in [1.29, 1.82) is 0 Å². The topological polar surface area (TPSA) is 26.3 Å². The van der Waals surface area contributed by atoms with E-state index in [2.05, 4.69) is 4.74 Å². The summed E-state index contributed by atoms with van der Waals surface area (Å²) >= 11 is 0. The summed E-state index contributed by atoms with van der Waals surface area (Å²) in [6.45, 7) is 0. The molecular weight excluding hydrogens is 178 g/mol. The maximum atomic E-state index is 13.0. The Morgan fingerprint density at radius 2 is 2.15 bits per heavy atom. The van der Waals surface area contributed by atoms with Crippen LogP contribution in [0.25, 0.3) is 0 Å². The van der Waals surface area contributed by atoms with Gasteiger partial charge in [-0.2, -0.15) is 0 Å². The Morgan fingerprint density at radius 3 is 2.69 bits per heavy atom. The summed E-state index contributed by atoms with van der Waals surface area (Å²) in [6, 6.07) is 3.61. The predicted octanol–water partition coefficient (Wildman–Crippen LogP) is 1.85. The average molecular weight is 186 g/mol. The van der Waals surface area contributed by atoms with Crippen LogP contribution in [0.1, 0.15) is 11.7 Å². The lowest BCUT2D eigenvalue weighted by atomic mass is 10.1. The highest BCUT2D eigenvalue weighted by molar-refractivity contribution is 5.60.